The second-order valence-corrected chi connectivity index (χ2v) is 5.34. The highest BCUT2D eigenvalue weighted by atomic mass is 16.1. The van der Waals surface area contributed by atoms with E-state index in [0.717, 1.165) is 24.9 Å². The van der Waals surface area contributed by atoms with E-state index in [4.69, 9.17) is 5.26 Å². The molecule has 2 N–H and O–H groups in total. The predicted molar refractivity (Wildman–Crippen MR) is 79.4 cm³/mol. The summed E-state index contributed by atoms with van der Waals surface area (Å²) in [4.78, 5) is 12.0. The van der Waals surface area contributed by atoms with Crippen LogP contribution >= 0.6 is 0 Å². The van der Waals surface area contributed by atoms with Gasteiger partial charge in [0.05, 0.1) is 11.3 Å². The molecule has 1 atom stereocenters. The van der Waals surface area contributed by atoms with E-state index in [2.05, 4.69) is 16.7 Å². The van der Waals surface area contributed by atoms with E-state index in [-0.39, 0.29) is 5.91 Å². The molecule has 0 radical (unpaired) electrons. The molecule has 1 saturated heterocycles. The third-order valence-electron chi connectivity index (χ3n) is 3.79. The van der Waals surface area contributed by atoms with E-state index in [1.165, 1.54) is 12.8 Å². The normalized spacial score (nSPS) is 18.3. The molecule has 0 aromatic heterocycles. The third-order valence-corrected chi connectivity index (χ3v) is 3.79. The van der Waals surface area contributed by atoms with Crippen molar-refractivity contribution in [2.75, 3.05) is 11.9 Å². The summed E-state index contributed by atoms with van der Waals surface area (Å²) >= 11 is 0. The van der Waals surface area contributed by atoms with Crippen LogP contribution < -0.4 is 10.6 Å². The average molecular weight is 271 g/mol. The van der Waals surface area contributed by atoms with Crippen molar-refractivity contribution in [3.63, 3.8) is 0 Å². The number of rotatable bonds is 4. The smallest absolute Gasteiger partial charge is 0.224 e. The fourth-order valence-electron chi connectivity index (χ4n) is 2.61. The van der Waals surface area contributed by atoms with Gasteiger partial charge in [-0.3, -0.25) is 4.79 Å². The molecule has 0 saturated carbocycles. The molecule has 0 bridgehead atoms. The van der Waals surface area contributed by atoms with Crippen molar-refractivity contribution in [1.82, 2.24) is 5.32 Å². The van der Waals surface area contributed by atoms with E-state index >= 15 is 0 Å². The number of piperidine rings is 1. The van der Waals surface area contributed by atoms with Gasteiger partial charge in [0.2, 0.25) is 5.91 Å². The Kier molecular flexibility index (Phi) is 5.14. The molecular formula is C16H21N3O. The molecule has 106 valence electrons. The molecule has 0 spiro atoms. The van der Waals surface area contributed by atoms with Crippen molar-refractivity contribution in [1.29, 1.82) is 5.26 Å². The zero-order valence-corrected chi connectivity index (χ0v) is 11.9. The lowest BCUT2D eigenvalue weighted by Gasteiger charge is -2.23. The highest BCUT2D eigenvalue weighted by molar-refractivity contribution is 5.92. The molecule has 1 aromatic carbocycles. The second-order valence-electron chi connectivity index (χ2n) is 5.34. The Labute approximate surface area is 120 Å². The number of anilines is 1. The van der Waals surface area contributed by atoms with Gasteiger partial charge in [0.25, 0.3) is 0 Å². The van der Waals surface area contributed by atoms with Gasteiger partial charge in [0.1, 0.15) is 6.07 Å². The molecule has 4 nitrogen and oxygen atoms in total. The summed E-state index contributed by atoms with van der Waals surface area (Å²) in [5.74, 6) is -0.0144. The molecule has 0 aliphatic carbocycles. The summed E-state index contributed by atoms with van der Waals surface area (Å²) in [6, 6.07) is 8.12. The Bertz CT molecular complexity index is 513. The summed E-state index contributed by atoms with van der Waals surface area (Å²) in [6.07, 6.45) is 4.99. The molecule has 20 heavy (non-hydrogen) atoms. The minimum Gasteiger partial charge on any atom is -0.325 e. The van der Waals surface area contributed by atoms with Crippen molar-refractivity contribution in [3.8, 4) is 6.07 Å². The van der Waals surface area contributed by atoms with Gasteiger partial charge in [-0.1, -0.05) is 18.6 Å². The fraction of sp³-hybridized carbons (Fsp3) is 0.500. The quantitative estimate of drug-likeness (QED) is 0.885. The highest BCUT2D eigenvalue weighted by Gasteiger charge is 2.15. The van der Waals surface area contributed by atoms with Gasteiger partial charge in [-0.05, 0) is 44.4 Å². The van der Waals surface area contributed by atoms with Gasteiger partial charge in [-0.25, -0.2) is 0 Å². The summed E-state index contributed by atoms with van der Waals surface area (Å²) in [5, 5.41) is 15.4. The molecule has 4 heteroatoms. The minimum atomic E-state index is -0.0144. The SMILES string of the molecule is Cc1cccc(NC(=O)CCC2CCCCN2)c1C#N. The monoisotopic (exact) mass is 271 g/mol. The first-order valence-electron chi connectivity index (χ1n) is 7.23. The number of carbonyl (C=O) groups is 1. The topological polar surface area (TPSA) is 64.9 Å². The number of amides is 1. The van der Waals surface area contributed by atoms with Gasteiger partial charge >= 0.3 is 0 Å². The zero-order valence-electron chi connectivity index (χ0n) is 11.9. The first kappa shape index (κ1) is 14.5. The van der Waals surface area contributed by atoms with Gasteiger partial charge in [-0.2, -0.15) is 5.26 Å². The van der Waals surface area contributed by atoms with E-state index in [0.29, 0.717) is 23.7 Å². The van der Waals surface area contributed by atoms with Crippen molar-refractivity contribution in [3.05, 3.63) is 29.3 Å². The van der Waals surface area contributed by atoms with Crippen molar-refractivity contribution < 1.29 is 4.79 Å². The summed E-state index contributed by atoms with van der Waals surface area (Å²) in [6.45, 7) is 2.93. The maximum atomic E-state index is 12.0. The van der Waals surface area contributed by atoms with E-state index in [1.54, 1.807) is 6.07 Å². The Morgan fingerprint density at radius 1 is 1.50 bits per heavy atom. The number of nitriles is 1. The summed E-state index contributed by atoms with van der Waals surface area (Å²) in [5.41, 5.74) is 2.06. The van der Waals surface area contributed by atoms with Crippen LogP contribution in [0.25, 0.3) is 0 Å². The zero-order chi connectivity index (χ0) is 14.4. The fourth-order valence-corrected chi connectivity index (χ4v) is 2.61. The van der Waals surface area contributed by atoms with E-state index in [1.807, 2.05) is 19.1 Å². The first-order valence-corrected chi connectivity index (χ1v) is 7.23. The molecule has 2 rings (SSSR count). The Hall–Kier alpha value is -1.86. The predicted octanol–water partition coefficient (Wildman–Crippen LogP) is 2.73. The lowest BCUT2D eigenvalue weighted by atomic mass is 10.0. The second kappa shape index (κ2) is 7.06. The van der Waals surface area contributed by atoms with Crippen molar-refractivity contribution in [2.24, 2.45) is 0 Å². The van der Waals surface area contributed by atoms with Crippen LogP contribution in [0, 0.1) is 18.3 Å². The standard InChI is InChI=1S/C16H21N3O/c1-12-5-4-7-15(14(12)11-17)19-16(20)9-8-13-6-2-3-10-18-13/h4-5,7,13,18H,2-3,6,8-10H2,1H3,(H,19,20). The van der Waals surface area contributed by atoms with Gasteiger partial charge in [-0.15, -0.1) is 0 Å². The van der Waals surface area contributed by atoms with Crippen LogP contribution in [-0.4, -0.2) is 18.5 Å². The number of nitrogens with one attached hydrogen (secondary N) is 2. The molecule has 1 aromatic rings. The first-order chi connectivity index (χ1) is 9.70. The molecule has 1 unspecified atom stereocenters. The molecule has 1 heterocycles. The number of benzene rings is 1. The number of carbonyl (C=O) groups excluding carboxylic acids is 1. The van der Waals surface area contributed by atoms with Gasteiger partial charge < -0.3 is 10.6 Å². The Balaban J connectivity index is 1.88. The Morgan fingerprint density at radius 3 is 3.05 bits per heavy atom. The molecule has 1 aliphatic rings. The maximum absolute atomic E-state index is 12.0. The molecular weight excluding hydrogens is 250 g/mol. The number of hydrogen-bond acceptors (Lipinski definition) is 3. The van der Waals surface area contributed by atoms with Crippen molar-refractivity contribution in [2.45, 2.75) is 45.1 Å². The largest absolute Gasteiger partial charge is 0.325 e. The third kappa shape index (κ3) is 3.82. The van der Waals surface area contributed by atoms with Crippen LogP contribution in [0.4, 0.5) is 5.69 Å². The summed E-state index contributed by atoms with van der Waals surface area (Å²) < 4.78 is 0. The molecule has 1 aliphatic heterocycles. The maximum Gasteiger partial charge on any atom is 0.224 e. The van der Waals surface area contributed by atoms with Crippen molar-refractivity contribution >= 4 is 11.6 Å². The number of aryl methyl sites for hydroxylation is 1. The van der Waals surface area contributed by atoms with Gasteiger partial charge in [0, 0.05) is 12.5 Å². The van der Waals surface area contributed by atoms with Crippen LogP contribution in [0.5, 0.6) is 0 Å². The number of nitrogens with zero attached hydrogens (tertiary/aromatic N) is 1. The molecule has 1 amide bonds. The minimum absolute atomic E-state index is 0.0144. The van der Waals surface area contributed by atoms with Crippen LogP contribution in [0.15, 0.2) is 18.2 Å². The summed E-state index contributed by atoms with van der Waals surface area (Å²) in [7, 11) is 0. The molecule has 1 fully saturated rings. The average Bonchev–Trinajstić information content (AvgIpc) is 2.46. The number of hydrogen-bond donors (Lipinski definition) is 2. The highest BCUT2D eigenvalue weighted by Crippen LogP contribution is 2.19. The van der Waals surface area contributed by atoms with Crippen LogP contribution in [0.1, 0.15) is 43.2 Å². The lowest BCUT2D eigenvalue weighted by molar-refractivity contribution is -0.116. The van der Waals surface area contributed by atoms with Gasteiger partial charge in [0.15, 0.2) is 0 Å². The Morgan fingerprint density at radius 2 is 2.35 bits per heavy atom. The van der Waals surface area contributed by atoms with Crippen LogP contribution in [-0.2, 0) is 4.79 Å². The lowest BCUT2D eigenvalue weighted by Crippen LogP contribution is -2.34. The van der Waals surface area contributed by atoms with Crippen LogP contribution in [0.3, 0.4) is 0 Å². The van der Waals surface area contributed by atoms with E-state index < -0.39 is 0 Å². The van der Waals surface area contributed by atoms with E-state index in [9.17, 15) is 4.79 Å². The van der Waals surface area contributed by atoms with Crippen LogP contribution in [0.2, 0.25) is 0 Å².